The van der Waals surface area contributed by atoms with Gasteiger partial charge in [0.25, 0.3) is 5.91 Å². The summed E-state index contributed by atoms with van der Waals surface area (Å²) in [5.74, 6) is -0.0576. The minimum atomic E-state index is -0.0576. The van der Waals surface area contributed by atoms with Crippen LogP contribution in [0.2, 0.25) is 0 Å². The number of benzene rings is 1. The summed E-state index contributed by atoms with van der Waals surface area (Å²) in [6.45, 7) is 5.18. The molecule has 0 saturated carbocycles. The molecule has 3 aromatic rings. The van der Waals surface area contributed by atoms with Gasteiger partial charge in [-0.3, -0.25) is 9.69 Å². The van der Waals surface area contributed by atoms with Crippen LogP contribution in [-0.2, 0) is 4.74 Å². The van der Waals surface area contributed by atoms with Crippen molar-refractivity contribution in [2.24, 2.45) is 0 Å². The molecule has 0 unspecified atom stereocenters. The van der Waals surface area contributed by atoms with E-state index in [4.69, 9.17) is 9.47 Å². The normalized spacial score (nSPS) is 14.8. The molecule has 29 heavy (non-hydrogen) atoms. The molecule has 0 bridgehead atoms. The molecule has 1 aromatic carbocycles. The van der Waals surface area contributed by atoms with Gasteiger partial charge in [-0.05, 0) is 25.1 Å². The van der Waals surface area contributed by atoms with Gasteiger partial charge in [0.2, 0.25) is 0 Å². The first-order chi connectivity index (χ1) is 14.2. The summed E-state index contributed by atoms with van der Waals surface area (Å²) in [5.41, 5.74) is 3.41. The standard InChI is InChI=1S/C21H25N5O3/c1-28-21-24-12-16(13-25-21)18-14-23-19-11-15(3-4-17(18)19)20(27)22-5-2-6-26-7-9-29-10-8-26/h3-4,11-14,23H,2,5-10H2,1H3,(H,22,27). The molecule has 3 heterocycles. The molecule has 2 N–H and O–H groups in total. The summed E-state index contributed by atoms with van der Waals surface area (Å²) in [4.78, 5) is 26.4. The van der Waals surface area contributed by atoms with E-state index in [1.54, 1.807) is 12.4 Å². The van der Waals surface area contributed by atoms with Crippen molar-refractivity contribution in [3.8, 4) is 17.1 Å². The van der Waals surface area contributed by atoms with Gasteiger partial charge in [-0.1, -0.05) is 6.07 Å². The molecule has 1 fully saturated rings. The van der Waals surface area contributed by atoms with Crippen LogP contribution in [0.3, 0.4) is 0 Å². The highest BCUT2D eigenvalue weighted by atomic mass is 16.5. The number of hydrogen-bond acceptors (Lipinski definition) is 6. The highest BCUT2D eigenvalue weighted by Gasteiger charge is 2.12. The lowest BCUT2D eigenvalue weighted by Crippen LogP contribution is -2.38. The number of aromatic nitrogens is 3. The minimum absolute atomic E-state index is 0.0576. The monoisotopic (exact) mass is 395 g/mol. The van der Waals surface area contributed by atoms with Crippen molar-refractivity contribution >= 4 is 16.8 Å². The van der Waals surface area contributed by atoms with Crippen LogP contribution in [0.15, 0.2) is 36.8 Å². The van der Waals surface area contributed by atoms with Crippen molar-refractivity contribution in [1.82, 2.24) is 25.2 Å². The number of rotatable bonds is 7. The summed E-state index contributed by atoms with van der Waals surface area (Å²) >= 11 is 0. The third-order valence-electron chi connectivity index (χ3n) is 5.11. The fourth-order valence-corrected chi connectivity index (χ4v) is 3.50. The van der Waals surface area contributed by atoms with Crippen LogP contribution >= 0.6 is 0 Å². The van der Waals surface area contributed by atoms with Gasteiger partial charge < -0.3 is 19.8 Å². The van der Waals surface area contributed by atoms with Gasteiger partial charge in [0.05, 0.1) is 20.3 Å². The SMILES string of the molecule is COc1ncc(-c2c[nH]c3cc(C(=O)NCCCN4CCOCC4)ccc23)cn1. The maximum absolute atomic E-state index is 12.5. The number of carbonyl (C=O) groups is 1. The molecule has 1 saturated heterocycles. The third kappa shape index (κ3) is 4.55. The molecule has 2 aromatic heterocycles. The Kier molecular flexibility index (Phi) is 6.02. The number of amides is 1. The van der Waals surface area contributed by atoms with Crippen LogP contribution in [0.5, 0.6) is 6.01 Å². The number of aromatic amines is 1. The van der Waals surface area contributed by atoms with E-state index >= 15 is 0 Å². The van der Waals surface area contributed by atoms with Gasteiger partial charge in [-0.2, -0.15) is 0 Å². The second-order valence-corrected chi connectivity index (χ2v) is 6.98. The maximum atomic E-state index is 12.5. The number of hydrogen-bond donors (Lipinski definition) is 2. The number of nitrogens with one attached hydrogen (secondary N) is 2. The molecule has 0 atom stereocenters. The molecular formula is C21H25N5O3. The molecule has 1 aliphatic heterocycles. The van der Waals surface area contributed by atoms with E-state index in [1.165, 1.54) is 7.11 Å². The van der Waals surface area contributed by atoms with E-state index in [9.17, 15) is 4.79 Å². The fraction of sp³-hybridized carbons (Fsp3) is 0.381. The Morgan fingerprint density at radius 2 is 2.07 bits per heavy atom. The van der Waals surface area contributed by atoms with E-state index in [1.807, 2.05) is 24.4 Å². The van der Waals surface area contributed by atoms with Crippen LogP contribution in [0.4, 0.5) is 0 Å². The van der Waals surface area contributed by atoms with Crippen molar-refractivity contribution in [1.29, 1.82) is 0 Å². The molecular weight excluding hydrogens is 370 g/mol. The van der Waals surface area contributed by atoms with Crippen molar-refractivity contribution in [3.63, 3.8) is 0 Å². The van der Waals surface area contributed by atoms with Crippen molar-refractivity contribution < 1.29 is 14.3 Å². The topological polar surface area (TPSA) is 92.4 Å². The molecule has 8 nitrogen and oxygen atoms in total. The van der Waals surface area contributed by atoms with Gasteiger partial charge in [0.1, 0.15) is 0 Å². The van der Waals surface area contributed by atoms with Crippen LogP contribution in [0, 0.1) is 0 Å². The predicted molar refractivity (Wildman–Crippen MR) is 110 cm³/mol. The molecule has 0 aliphatic carbocycles. The highest BCUT2D eigenvalue weighted by Crippen LogP contribution is 2.28. The first-order valence-corrected chi connectivity index (χ1v) is 9.80. The number of morpholine rings is 1. The van der Waals surface area contributed by atoms with Crippen LogP contribution in [0.1, 0.15) is 16.8 Å². The van der Waals surface area contributed by atoms with Crippen LogP contribution in [0.25, 0.3) is 22.0 Å². The van der Waals surface area contributed by atoms with Gasteiger partial charge in [0, 0.05) is 65.8 Å². The first kappa shape index (κ1) is 19.4. The van der Waals surface area contributed by atoms with Crippen molar-refractivity contribution in [2.45, 2.75) is 6.42 Å². The van der Waals surface area contributed by atoms with E-state index in [-0.39, 0.29) is 5.91 Å². The average molecular weight is 395 g/mol. The average Bonchev–Trinajstić information content (AvgIpc) is 3.20. The van der Waals surface area contributed by atoms with Gasteiger partial charge in [-0.15, -0.1) is 0 Å². The lowest BCUT2D eigenvalue weighted by atomic mass is 10.1. The van der Waals surface area contributed by atoms with E-state index in [0.29, 0.717) is 18.1 Å². The molecule has 1 amide bonds. The second-order valence-electron chi connectivity index (χ2n) is 6.98. The molecule has 8 heteroatoms. The summed E-state index contributed by atoms with van der Waals surface area (Å²) in [5, 5.41) is 4.03. The largest absolute Gasteiger partial charge is 0.467 e. The molecule has 0 spiro atoms. The summed E-state index contributed by atoms with van der Waals surface area (Å²) in [6, 6.07) is 6.01. The zero-order valence-electron chi connectivity index (χ0n) is 16.5. The number of ether oxygens (including phenoxy) is 2. The first-order valence-electron chi connectivity index (χ1n) is 9.80. The van der Waals surface area contributed by atoms with E-state index < -0.39 is 0 Å². The summed E-state index contributed by atoms with van der Waals surface area (Å²) < 4.78 is 10.4. The number of methoxy groups -OCH3 is 1. The fourth-order valence-electron chi connectivity index (χ4n) is 3.50. The molecule has 1 aliphatic rings. The quantitative estimate of drug-likeness (QED) is 0.595. The Morgan fingerprint density at radius 3 is 2.83 bits per heavy atom. The predicted octanol–water partition coefficient (Wildman–Crippen LogP) is 2.09. The zero-order valence-corrected chi connectivity index (χ0v) is 16.5. The van der Waals surface area contributed by atoms with Crippen molar-refractivity contribution in [2.75, 3.05) is 46.5 Å². The Morgan fingerprint density at radius 1 is 1.28 bits per heavy atom. The molecule has 4 rings (SSSR count). The van der Waals surface area contributed by atoms with E-state index in [0.717, 1.165) is 61.3 Å². The second kappa shape index (κ2) is 9.02. The van der Waals surface area contributed by atoms with Gasteiger partial charge in [0.15, 0.2) is 0 Å². The number of H-pyrrole nitrogens is 1. The van der Waals surface area contributed by atoms with Crippen LogP contribution in [-0.4, -0.2) is 72.3 Å². The van der Waals surface area contributed by atoms with E-state index in [2.05, 4.69) is 25.2 Å². The molecule has 152 valence electrons. The lowest BCUT2D eigenvalue weighted by molar-refractivity contribution is 0.0374. The maximum Gasteiger partial charge on any atom is 0.316 e. The smallest absolute Gasteiger partial charge is 0.316 e. The Bertz CT molecular complexity index is 964. The van der Waals surface area contributed by atoms with Crippen molar-refractivity contribution in [3.05, 3.63) is 42.4 Å². The van der Waals surface area contributed by atoms with Gasteiger partial charge >= 0.3 is 6.01 Å². The number of fused-ring (bicyclic) bond motifs is 1. The van der Waals surface area contributed by atoms with Crippen LogP contribution < -0.4 is 10.1 Å². The Hall–Kier alpha value is -2.97. The van der Waals surface area contributed by atoms with Gasteiger partial charge in [-0.25, -0.2) is 9.97 Å². The minimum Gasteiger partial charge on any atom is -0.467 e. The number of carbonyl (C=O) groups excluding carboxylic acids is 1. The summed E-state index contributed by atoms with van der Waals surface area (Å²) in [6.07, 6.45) is 6.28. The summed E-state index contributed by atoms with van der Waals surface area (Å²) in [7, 11) is 1.54. The Balaban J connectivity index is 1.37. The highest BCUT2D eigenvalue weighted by molar-refractivity contribution is 6.01. The zero-order chi connectivity index (χ0) is 20.1. The lowest BCUT2D eigenvalue weighted by Gasteiger charge is -2.26. The number of nitrogens with zero attached hydrogens (tertiary/aromatic N) is 3. The Labute approximate surface area is 169 Å². The molecule has 0 radical (unpaired) electrons. The third-order valence-corrected chi connectivity index (χ3v) is 5.11.